The van der Waals surface area contributed by atoms with Gasteiger partial charge in [0.15, 0.2) is 0 Å². The molecule has 1 aliphatic carbocycles. The molecule has 5 nitrogen and oxygen atoms in total. The summed E-state index contributed by atoms with van der Waals surface area (Å²) in [5.41, 5.74) is 2.35. The molecule has 160 valence electrons. The van der Waals surface area contributed by atoms with Crippen LogP contribution in [0.1, 0.15) is 59.9 Å². The van der Waals surface area contributed by atoms with Crippen LogP contribution in [0.4, 0.5) is 4.39 Å². The molecular formula is C24H29FN2O3. The van der Waals surface area contributed by atoms with Gasteiger partial charge in [-0.15, -0.1) is 0 Å². The number of ether oxygens (including phenoxy) is 1. The molecule has 1 aliphatic rings. The lowest BCUT2D eigenvalue weighted by atomic mass is 9.95. The van der Waals surface area contributed by atoms with Crippen molar-refractivity contribution in [1.29, 1.82) is 0 Å². The summed E-state index contributed by atoms with van der Waals surface area (Å²) < 4.78 is 20.1. The van der Waals surface area contributed by atoms with Gasteiger partial charge in [-0.2, -0.15) is 0 Å². The number of methoxy groups -OCH3 is 1. The fourth-order valence-electron chi connectivity index (χ4n) is 3.10. The molecular weight excluding hydrogens is 383 g/mol. The zero-order chi connectivity index (χ0) is 22.0. The summed E-state index contributed by atoms with van der Waals surface area (Å²) in [6.45, 7) is 7.70. The highest BCUT2D eigenvalue weighted by Crippen LogP contribution is 2.35. The van der Waals surface area contributed by atoms with E-state index in [2.05, 4.69) is 10.6 Å². The second-order valence-electron chi connectivity index (χ2n) is 8.30. The maximum Gasteiger partial charge on any atom is 0.251 e. The van der Waals surface area contributed by atoms with E-state index in [1.807, 2.05) is 20.8 Å². The van der Waals surface area contributed by atoms with E-state index < -0.39 is 5.82 Å². The predicted octanol–water partition coefficient (Wildman–Crippen LogP) is 4.48. The zero-order valence-electron chi connectivity index (χ0n) is 18.1. The van der Waals surface area contributed by atoms with E-state index >= 15 is 0 Å². The van der Waals surface area contributed by atoms with Gasteiger partial charge in [0.05, 0.1) is 7.11 Å². The topological polar surface area (TPSA) is 67.4 Å². The highest BCUT2D eigenvalue weighted by atomic mass is 19.1. The van der Waals surface area contributed by atoms with Crippen molar-refractivity contribution in [3.63, 3.8) is 0 Å². The summed E-state index contributed by atoms with van der Waals surface area (Å²) in [6.07, 6.45) is 1.92. The first-order valence-electron chi connectivity index (χ1n) is 10.3. The minimum Gasteiger partial charge on any atom is -0.496 e. The lowest BCUT2D eigenvalue weighted by molar-refractivity contribution is 0.0927. The number of amides is 2. The molecule has 0 radical (unpaired) electrons. The van der Waals surface area contributed by atoms with E-state index in [1.165, 1.54) is 13.2 Å². The Bertz CT molecular complexity index is 967. The SMILES string of the molecule is COc1cc(C(=O)N[C@H](C)C(C)C)ccc1-c1cc(C(=O)NC2CC2)cc(F)c1C. The van der Waals surface area contributed by atoms with Crippen molar-refractivity contribution in [1.82, 2.24) is 10.6 Å². The van der Waals surface area contributed by atoms with E-state index in [-0.39, 0.29) is 29.5 Å². The summed E-state index contributed by atoms with van der Waals surface area (Å²) in [7, 11) is 1.51. The van der Waals surface area contributed by atoms with Crippen molar-refractivity contribution in [3.05, 3.63) is 52.8 Å². The highest BCUT2D eigenvalue weighted by molar-refractivity contribution is 5.98. The van der Waals surface area contributed by atoms with E-state index in [0.717, 1.165) is 12.8 Å². The summed E-state index contributed by atoms with van der Waals surface area (Å²) in [6, 6.07) is 8.22. The van der Waals surface area contributed by atoms with Crippen LogP contribution in [0.3, 0.4) is 0 Å². The Kier molecular flexibility index (Phi) is 6.44. The monoisotopic (exact) mass is 412 g/mol. The van der Waals surface area contributed by atoms with Gasteiger partial charge in [-0.3, -0.25) is 9.59 Å². The Morgan fingerprint density at radius 3 is 2.33 bits per heavy atom. The quantitative estimate of drug-likeness (QED) is 0.705. The lowest BCUT2D eigenvalue weighted by Gasteiger charge is -2.18. The molecule has 2 aromatic rings. The van der Waals surface area contributed by atoms with Gasteiger partial charge in [0, 0.05) is 28.8 Å². The van der Waals surface area contributed by atoms with Gasteiger partial charge in [-0.25, -0.2) is 4.39 Å². The van der Waals surface area contributed by atoms with Crippen LogP contribution in [0.2, 0.25) is 0 Å². The van der Waals surface area contributed by atoms with Crippen molar-refractivity contribution < 1.29 is 18.7 Å². The second-order valence-corrected chi connectivity index (χ2v) is 8.30. The molecule has 1 atom stereocenters. The molecule has 3 rings (SSSR count). The van der Waals surface area contributed by atoms with E-state index in [9.17, 15) is 14.0 Å². The van der Waals surface area contributed by atoms with Crippen LogP contribution in [0, 0.1) is 18.7 Å². The number of hydrogen-bond acceptors (Lipinski definition) is 3. The first kappa shape index (κ1) is 21.8. The van der Waals surface area contributed by atoms with Gasteiger partial charge in [-0.1, -0.05) is 13.8 Å². The molecule has 30 heavy (non-hydrogen) atoms. The summed E-state index contributed by atoms with van der Waals surface area (Å²) >= 11 is 0. The average molecular weight is 413 g/mol. The number of carbonyl (C=O) groups is 2. The fraction of sp³-hybridized carbons (Fsp3) is 0.417. The minimum absolute atomic E-state index is 0.0289. The maximum absolute atomic E-state index is 14.6. The number of rotatable bonds is 7. The molecule has 2 amide bonds. The molecule has 0 heterocycles. The summed E-state index contributed by atoms with van der Waals surface area (Å²) in [4.78, 5) is 25.0. The minimum atomic E-state index is -0.455. The molecule has 2 N–H and O–H groups in total. The molecule has 0 saturated heterocycles. The van der Waals surface area contributed by atoms with Crippen LogP contribution >= 0.6 is 0 Å². The molecule has 6 heteroatoms. The molecule has 0 unspecified atom stereocenters. The molecule has 1 saturated carbocycles. The van der Waals surface area contributed by atoms with Gasteiger partial charge in [0.2, 0.25) is 0 Å². The smallest absolute Gasteiger partial charge is 0.251 e. The molecule has 0 spiro atoms. The highest BCUT2D eigenvalue weighted by Gasteiger charge is 2.25. The maximum atomic E-state index is 14.6. The van der Waals surface area contributed by atoms with Crippen LogP contribution in [-0.2, 0) is 0 Å². The second kappa shape index (κ2) is 8.86. The zero-order valence-corrected chi connectivity index (χ0v) is 18.1. The Morgan fingerprint density at radius 2 is 1.73 bits per heavy atom. The summed E-state index contributed by atoms with van der Waals surface area (Å²) in [5.74, 6) is -0.174. The number of benzene rings is 2. The van der Waals surface area contributed by atoms with Crippen LogP contribution in [0.5, 0.6) is 5.75 Å². The van der Waals surface area contributed by atoms with E-state index in [1.54, 1.807) is 31.2 Å². The van der Waals surface area contributed by atoms with Gasteiger partial charge in [-0.05, 0) is 74.1 Å². The van der Waals surface area contributed by atoms with Crippen molar-refractivity contribution in [2.75, 3.05) is 7.11 Å². The average Bonchev–Trinajstić information content (AvgIpc) is 3.53. The van der Waals surface area contributed by atoms with E-state index in [0.29, 0.717) is 33.9 Å². The molecule has 0 aromatic heterocycles. The van der Waals surface area contributed by atoms with Gasteiger partial charge in [0.25, 0.3) is 11.8 Å². The Labute approximate surface area is 177 Å². The molecule has 1 fully saturated rings. The van der Waals surface area contributed by atoms with Crippen LogP contribution in [0.25, 0.3) is 11.1 Å². The van der Waals surface area contributed by atoms with Crippen molar-refractivity contribution in [2.24, 2.45) is 5.92 Å². The number of carbonyl (C=O) groups excluding carboxylic acids is 2. The van der Waals surface area contributed by atoms with Crippen LogP contribution in [0.15, 0.2) is 30.3 Å². The predicted molar refractivity (Wildman–Crippen MR) is 115 cm³/mol. The van der Waals surface area contributed by atoms with Gasteiger partial charge >= 0.3 is 0 Å². The Hall–Kier alpha value is -2.89. The third kappa shape index (κ3) is 4.81. The number of nitrogens with one attached hydrogen (secondary N) is 2. The lowest BCUT2D eigenvalue weighted by Crippen LogP contribution is -2.36. The Morgan fingerprint density at radius 1 is 1.03 bits per heavy atom. The van der Waals surface area contributed by atoms with Crippen LogP contribution < -0.4 is 15.4 Å². The molecule has 0 bridgehead atoms. The Balaban J connectivity index is 1.95. The normalized spacial score (nSPS) is 14.4. The first-order valence-corrected chi connectivity index (χ1v) is 10.3. The first-order chi connectivity index (χ1) is 14.2. The number of halogens is 1. The number of hydrogen-bond donors (Lipinski definition) is 2. The largest absolute Gasteiger partial charge is 0.496 e. The fourth-order valence-corrected chi connectivity index (χ4v) is 3.10. The van der Waals surface area contributed by atoms with Gasteiger partial charge < -0.3 is 15.4 Å². The molecule has 2 aromatic carbocycles. The molecule has 0 aliphatic heterocycles. The third-order valence-electron chi connectivity index (χ3n) is 5.63. The standard InChI is InChI=1S/C24H29FN2O3/c1-13(2)15(4)26-23(28)16-6-9-19(22(12-16)30-5)20-10-17(11-21(25)14(20)3)24(29)27-18-7-8-18/h6,9-13,15,18H,7-8H2,1-5H3,(H,26,28)(H,27,29)/t15-/m1/s1. The van der Waals surface area contributed by atoms with E-state index in [4.69, 9.17) is 4.74 Å². The third-order valence-corrected chi connectivity index (χ3v) is 5.63. The van der Waals surface area contributed by atoms with Crippen molar-refractivity contribution in [3.8, 4) is 16.9 Å². The van der Waals surface area contributed by atoms with Gasteiger partial charge in [0.1, 0.15) is 11.6 Å². The van der Waals surface area contributed by atoms with Crippen LogP contribution in [-0.4, -0.2) is 31.0 Å². The summed E-state index contributed by atoms with van der Waals surface area (Å²) in [5, 5.41) is 5.85. The van der Waals surface area contributed by atoms with Crippen molar-refractivity contribution in [2.45, 2.75) is 52.6 Å². The van der Waals surface area contributed by atoms with Crippen molar-refractivity contribution >= 4 is 11.8 Å².